The molecule has 0 N–H and O–H groups in total. The van der Waals surface area contributed by atoms with E-state index in [1.807, 2.05) is 37.4 Å². The molecule has 130 valence electrons. The molecule has 3 heterocycles. The average Bonchev–Trinajstić information content (AvgIpc) is 2.96. The number of hydrogen-bond acceptors (Lipinski definition) is 4. The Labute approximate surface area is 148 Å². The van der Waals surface area contributed by atoms with E-state index in [4.69, 9.17) is 4.74 Å². The highest BCUT2D eigenvalue weighted by Gasteiger charge is 2.42. The first kappa shape index (κ1) is 16.1. The molecule has 2 aliphatic rings. The number of rotatable bonds is 5. The van der Waals surface area contributed by atoms with E-state index in [9.17, 15) is 4.79 Å². The third-order valence-corrected chi connectivity index (χ3v) is 5.29. The number of fused-ring (bicyclic) bond motifs is 4. The highest BCUT2D eigenvalue weighted by Crippen LogP contribution is 2.43. The van der Waals surface area contributed by atoms with Gasteiger partial charge in [0.15, 0.2) is 0 Å². The average molecular weight is 337 g/mol. The van der Waals surface area contributed by atoms with Crippen molar-refractivity contribution in [2.75, 3.05) is 6.61 Å². The summed E-state index contributed by atoms with van der Waals surface area (Å²) < 4.78 is 5.67. The van der Waals surface area contributed by atoms with Crippen LogP contribution in [0.25, 0.3) is 0 Å². The van der Waals surface area contributed by atoms with E-state index in [1.165, 1.54) is 0 Å². The zero-order chi connectivity index (χ0) is 17.2. The number of amides is 1. The van der Waals surface area contributed by atoms with Gasteiger partial charge in [-0.1, -0.05) is 18.2 Å². The Hall–Kier alpha value is -2.43. The first-order chi connectivity index (χ1) is 12.3. The molecule has 1 aromatic heterocycles. The summed E-state index contributed by atoms with van der Waals surface area (Å²) in [5.74, 6) is 1.12. The number of aromatic nitrogens is 2. The van der Waals surface area contributed by atoms with Crippen molar-refractivity contribution in [1.29, 1.82) is 0 Å². The van der Waals surface area contributed by atoms with Gasteiger partial charge in [-0.2, -0.15) is 0 Å². The lowest BCUT2D eigenvalue weighted by Gasteiger charge is -2.35. The van der Waals surface area contributed by atoms with Crippen molar-refractivity contribution >= 4 is 5.91 Å². The summed E-state index contributed by atoms with van der Waals surface area (Å²) in [6.07, 6.45) is 7.66. The molecule has 2 atom stereocenters. The number of carbonyl (C=O) groups excluding carboxylic acids is 1. The Morgan fingerprint density at radius 3 is 3.08 bits per heavy atom. The van der Waals surface area contributed by atoms with E-state index in [2.05, 4.69) is 14.9 Å². The van der Waals surface area contributed by atoms with Crippen molar-refractivity contribution in [1.82, 2.24) is 14.9 Å². The third kappa shape index (κ3) is 2.99. The lowest BCUT2D eigenvalue weighted by molar-refractivity contribution is -0.134. The minimum absolute atomic E-state index is 0.157. The Morgan fingerprint density at radius 1 is 1.32 bits per heavy atom. The van der Waals surface area contributed by atoms with Gasteiger partial charge in [-0.05, 0) is 37.8 Å². The molecule has 1 saturated heterocycles. The standard InChI is InChI=1S/C20H23N3O2/c1-2-25-19-6-4-3-5-14(19)7-10-20(24)23-15-8-9-18(23)16-12-21-13-22-17(16)11-15/h3-6,12-13,15,18H,2,7-11H2,1H3. The van der Waals surface area contributed by atoms with Crippen molar-refractivity contribution < 1.29 is 9.53 Å². The van der Waals surface area contributed by atoms with Crippen LogP contribution in [0.4, 0.5) is 0 Å². The van der Waals surface area contributed by atoms with Crippen molar-refractivity contribution in [3.05, 3.63) is 53.6 Å². The van der Waals surface area contributed by atoms with Gasteiger partial charge in [0.05, 0.1) is 18.3 Å². The number of hydrogen-bond donors (Lipinski definition) is 0. The van der Waals surface area contributed by atoms with E-state index in [-0.39, 0.29) is 11.9 Å². The molecule has 0 radical (unpaired) electrons. The topological polar surface area (TPSA) is 55.3 Å². The second-order valence-corrected chi connectivity index (χ2v) is 6.72. The molecule has 25 heavy (non-hydrogen) atoms. The van der Waals surface area contributed by atoms with Gasteiger partial charge in [0.25, 0.3) is 0 Å². The Balaban J connectivity index is 1.48. The van der Waals surface area contributed by atoms with E-state index in [1.54, 1.807) is 6.33 Å². The molecule has 0 spiro atoms. The predicted molar refractivity (Wildman–Crippen MR) is 94.3 cm³/mol. The maximum absolute atomic E-state index is 13.0. The Morgan fingerprint density at radius 2 is 2.20 bits per heavy atom. The second kappa shape index (κ2) is 6.82. The smallest absolute Gasteiger partial charge is 0.223 e. The van der Waals surface area contributed by atoms with Crippen molar-refractivity contribution in [3.8, 4) is 5.75 Å². The second-order valence-electron chi connectivity index (χ2n) is 6.72. The summed E-state index contributed by atoms with van der Waals surface area (Å²) in [6.45, 7) is 2.62. The van der Waals surface area contributed by atoms with E-state index >= 15 is 0 Å². The number of nitrogens with zero attached hydrogens (tertiary/aromatic N) is 3. The van der Waals surface area contributed by atoms with Crippen LogP contribution in [0.3, 0.4) is 0 Å². The van der Waals surface area contributed by atoms with Crippen LogP contribution in [-0.2, 0) is 17.6 Å². The normalized spacial score (nSPS) is 21.1. The van der Waals surface area contributed by atoms with Crippen LogP contribution >= 0.6 is 0 Å². The first-order valence-corrected chi connectivity index (χ1v) is 9.08. The van der Waals surface area contributed by atoms with Gasteiger partial charge in [0, 0.05) is 30.6 Å². The number of para-hydroxylation sites is 1. The van der Waals surface area contributed by atoms with Gasteiger partial charge in [-0.15, -0.1) is 0 Å². The molecule has 2 aliphatic heterocycles. The molecule has 2 bridgehead atoms. The van der Waals surface area contributed by atoms with Crippen LogP contribution in [0.15, 0.2) is 36.8 Å². The minimum Gasteiger partial charge on any atom is -0.494 e. The van der Waals surface area contributed by atoms with E-state index in [0.29, 0.717) is 25.5 Å². The maximum atomic E-state index is 13.0. The lowest BCUT2D eigenvalue weighted by Crippen LogP contribution is -2.42. The fourth-order valence-corrected chi connectivity index (χ4v) is 4.18. The minimum atomic E-state index is 0.157. The SMILES string of the molecule is CCOc1ccccc1CCC(=O)N1C2CCC1c1cncnc1C2. The van der Waals surface area contributed by atoms with Crippen LogP contribution in [0, 0.1) is 0 Å². The molecule has 2 aromatic rings. The largest absolute Gasteiger partial charge is 0.494 e. The van der Waals surface area contributed by atoms with Crippen LogP contribution in [0.1, 0.15) is 49.0 Å². The summed E-state index contributed by atoms with van der Waals surface area (Å²) in [5.41, 5.74) is 3.36. The highest BCUT2D eigenvalue weighted by molar-refractivity contribution is 5.78. The van der Waals surface area contributed by atoms with Crippen LogP contribution in [-0.4, -0.2) is 33.4 Å². The van der Waals surface area contributed by atoms with Gasteiger partial charge in [-0.3, -0.25) is 4.79 Å². The molecule has 1 fully saturated rings. The number of benzene rings is 1. The predicted octanol–water partition coefficient (Wildman–Crippen LogP) is 3.10. The Bertz CT molecular complexity index is 777. The fraction of sp³-hybridized carbons (Fsp3) is 0.450. The Kier molecular flexibility index (Phi) is 4.38. The van der Waals surface area contributed by atoms with Gasteiger partial charge >= 0.3 is 0 Å². The summed E-state index contributed by atoms with van der Waals surface area (Å²) in [4.78, 5) is 23.6. The van der Waals surface area contributed by atoms with Crippen LogP contribution in [0.2, 0.25) is 0 Å². The van der Waals surface area contributed by atoms with Crippen LogP contribution < -0.4 is 4.74 Å². The summed E-state index contributed by atoms with van der Waals surface area (Å²) in [5, 5.41) is 0. The van der Waals surface area contributed by atoms with Crippen molar-refractivity contribution in [3.63, 3.8) is 0 Å². The zero-order valence-electron chi connectivity index (χ0n) is 14.5. The van der Waals surface area contributed by atoms with Gasteiger partial charge in [0.1, 0.15) is 12.1 Å². The van der Waals surface area contributed by atoms with E-state index < -0.39 is 0 Å². The number of aryl methyl sites for hydroxylation is 1. The zero-order valence-corrected chi connectivity index (χ0v) is 14.5. The summed E-state index contributed by atoms with van der Waals surface area (Å²) in [7, 11) is 0. The number of carbonyl (C=O) groups is 1. The fourth-order valence-electron chi connectivity index (χ4n) is 4.18. The molecule has 5 nitrogen and oxygen atoms in total. The molecule has 5 heteroatoms. The van der Waals surface area contributed by atoms with E-state index in [0.717, 1.165) is 41.8 Å². The van der Waals surface area contributed by atoms with Gasteiger partial charge in [0.2, 0.25) is 5.91 Å². The van der Waals surface area contributed by atoms with Crippen molar-refractivity contribution in [2.45, 2.75) is 51.1 Å². The summed E-state index contributed by atoms with van der Waals surface area (Å²) >= 11 is 0. The molecule has 0 aliphatic carbocycles. The van der Waals surface area contributed by atoms with Crippen molar-refractivity contribution in [2.24, 2.45) is 0 Å². The quantitative estimate of drug-likeness (QED) is 0.841. The summed E-state index contributed by atoms with van der Waals surface area (Å²) in [6, 6.07) is 8.44. The molecular formula is C20H23N3O2. The maximum Gasteiger partial charge on any atom is 0.223 e. The molecule has 2 unspecified atom stereocenters. The monoisotopic (exact) mass is 337 g/mol. The molecule has 1 aromatic carbocycles. The molecule has 1 amide bonds. The van der Waals surface area contributed by atoms with Gasteiger partial charge in [-0.25, -0.2) is 9.97 Å². The lowest BCUT2D eigenvalue weighted by atomic mass is 9.98. The molecule has 0 saturated carbocycles. The third-order valence-electron chi connectivity index (χ3n) is 5.29. The highest BCUT2D eigenvalue weighted by atomic mass is 16.5. The number of ether oxygens (including phenoxy) is 1. The van der Waals surface area contributed by atoms with Crippen LogP contribution in [0.5, 0.6) is 5.75 Å². The molecule has 4 rings (SSSR count). The van der Waals surface area contributed by atoms with Gasteiger partial charge < -0.3 is 9.64 Å². The first-order valence-electron chi connectivity index (χ1n) is 9.08. The molecular weight excluding hydrogens is 314 g/mol.